The first-order chi connectivity index (χ1) is 11.8. The van der Waals surface area contributed by atoms with E-state index in [1.54, 1.807) is 0 Å². The highest BCUT2D eigenvalue weighted by molar-refractivity contribution is 4.90. The molecule has 3 rings (SSSR count). The molecule has 0 saturated carbocycles. The molecule has 3 heterocycles. The van der Waals surface area contributed by atoms with Crippen molar-refractivity contribution in [2.75, 3.05) is 58.9 Å². The topological polar surface area (TPSA) is 13.0 Å². The molecule has 0 N–H and O–H groups in total. The molecule has 2 radical (unpaired) electrons. The zero-order valence-electron chi connectivity index (χ0n) is 15.6. The third-order valence-corrected chi connectivity index (χ3v) is 5.78. The van der Waals surface area contributed by atoms with Crippen LogP contribution in [-0.4, -0.2) is 84.5 Å². The third kappa shape index (κ3) is 5.83. The molecule has 0 aromatic heterocycles. The minimum atomic E-state index is 0.798. The van der Waals surface area contributed by atoms with Gasteiger partial charge in [0.2, 0.25) is 0 Å². The Labute approximate surface area is 149 Å². The van der Waals surface area contributed by atoms with Crippen molar-refractivity contribution in [3.05, 3.63) is 18.8 Å². The average Bonchev–Trinajstić information content (AvgIpc) is 3.05. The minimum absolute atomic E-state index is 0.798. The molecule has 0 spiro atoms. The summed E-state index contributed by atoms with van der Waals surface area (Å²) in [6.45, 7) is 16.9. The second-order valence-corrected chi connectivity index (χ2v) is 7.72. The van der Waals surface area contributed by atoms with Crippen molar-refractivity contribution in [3.8, 4) is 0 Å². The van der Waals surface area contributed by atoms with Crippen LogP contribution in [0, 0.1) is 6.67 Å². The van der Waals surface area contributed by atoms with Gasteiger partial charge in [-0.05, 0) is 58.7 Å². The first kappa shape index (κ1) is 18.4. The lowest BCUT2D eigenvalue weighted by Gasteiger charge is -2.33. The molecule has 1 unspecified atom stereocenters. The van der Waals surface area contributed by atoms with E-state index >= 15 is 0 Å². The molecule has 24 heavy (non-hydrogen) atoms. The molecule has 0 bridgehead atoms. The molecule has 136 valence electrons. The van der Waals surface area contributed by atoms with Crippen LogP contribution in [0.15, 0.2) is 12.2 Å². The van der Waals surface area contributed by atoms with E-state index in [-0.39, 0.29) is 0 Å². The van der Waals surface area contributed by atoms with Crippen molar-refractivity contribution >= 4 is 0 Å². The summed E-state index contributed by atoms with van der Waals surface area (Å²) in [6, 6.07) is 0.798. The molecular weight excluding hydrogens is 296 g/mol. The lowest BCUT2D eigenvalue weighted by molar-refractivity contribution is 0.153. The van der Waals surface area contributed by atoms with Gasteiger partial charge in [0.1, 0.15) is 6.67 Å². The van der Waals surface area contributed by atoms with Gasteiger partial charge in [-0.15, -0.1) is 0 Å². The van der Waals surface area contributed by atoms with Crippen molar-refractivity contribution in [1.82, 2.24) is 19.6 Å². The first-order valence-electron chi connectivity index (χ1n) is 10.2. The van der Waals surface area contributed by atoms with Gasteiger partial charge in [0.15, 0.2) is 0 Å². The second kappa shape index (κ2) is 9.91. The Morgan fingerprint density at radius 3 is 2.38 bits per heavy atom. The highest BCUT2D eigenvalue weighted by Gasteiger charge is 2.22. The van der Waals surface area contributed by atoms with Gasteiger partial charge in [0, 0.05) is 45.3 Å². The number of rotatable bonds is 8. The molecule has 2 fully saturated rings. The van der Waals surface area contributed by atoms with E-state index in [4.69, 9.17) is 0 Å². The number of piperidine rings is 1. The number of hydrogen-bond acceptors (Lipinski definition) is 4. The van der Waals surface area contributed by atoms with Gasteiger partial charge in [-0.2, -0.15) is 0 Å². The van der Waals surface area contributed by atoms with Crippen LogP contribution in [0.5, 0.6) is 0 Å². The normalized spacial score (nSPS) is 28.0. The van der Waals surface area contributed by atoms with Crippen LogP contribution in [0.2, 0.25) is 0 Å². The Morgan fingerprint density at radius 2 is 1.67 bits per heavy atom. The smallest absolute Gasteiger partial charge is 0.146 e. The average molecular weight is 333 g/mol. The summed E-state index contributed by atoms with van der Waals surface area (Å²) in [5, 5.41) is 0. The van der Waals surface area contributed by atoms with E-state index in [0.717, 1.165) is 12.6 Å². The Bertz CT molecular complexity index is 384. The summed E-state index contributed by atoms with van der Waals surface area (Å²) >= 11 is 0. The molecule has 0 aromatic rings. The maximum absolute atomic E-state index is 3.59. The van der Waals surface area contributed by atoms with Gasteiger partial charge in [-0.1, -0.05) is 18.6 Å². The van der Waals surface area contributed by atoms with E-state index in [1.165, 1.54) is 90.9 Å². The van der Waals surface area contributed by atoms with Crippen LogP contribution in [0.4, 0.5) is 0 Å². The SMILES string of the molecule is CC1CCCCN1CCCN1[C]N(CCCN2CC=CCC2)CC1. The fourth-order valence-electron chi connectivity index (χ4n) is 4.20. The van der Waals surface area contributed by atoms with Gasteiger partial charge < -0.3 is 4.90 Å². The van der Waals surface area contributed by atoms with Crippen LogP contribution in [0.1, 0.15) is 45.4 Å². The zero-order chi connectivity index (χ0) is 16.6. The van der Waals surface area contributed by atoms with Gasteiger partial charge in [-0.3, -0.25) is 14.7 Å². The van der Waals surface area contributed by atoms with E-state index in [0.29, 0.717) is 0 Å². The van der Waals surface area contributed by atoms with E-state index in [9.17, 15) is 0 Å². The van der Waals surface area contributed by atoms with Gasteiger partial charge in [0.05, 0.1) is 0 Å². The Hall–Kier alpha value is -0.420. The van der Waals surface area contributed by atoms with Crippen LogP contribution >= 0.6 is 0 Å². The van der Waals surface area contributed by atoms with E-state index < -0.39 is 0 Å². The van der Waals surface area contributed by atoms with Gasteiger partial charge in [-0.25, -0.2) is 0 Å². The fraction of sp³-hybridized carbons (Fsp3) is 0.850. The van der Waals surface area contributed by atoms with Crippen molar-refractivity contribution in [2.45, 2.75) is 51.5 Å². The predicted octanol–water partition coefficient (Wildman–Crippen LogP) is 2.52. The molecule has 3 aliphatic heterocycles. The van der Waals surface area contributed by atoms with Crippen molar-refractivity contribution in [3.63, 3.8) is 0 Å². The maximum Gasteiger partial charge on any atom is 0.146 e. The summed E-state index contributed by atoms with van der Waals surface area (Å²) in [4.78, 5) is 10.1. The molecule has 0 aliphatic carbocycles. The molecular formula is C20H36N4. The molecule has 0 amide bonds. The zero-order valence-corrected chi connectivity index (χ0v) is 15.6. The number of nitrogens with zero attached hydrogens (tertiary/aromatic N) is 4. The quantitative estimate of drug-likeness (QED) is 0.633. The maximum atomic E-state index is 3.59. The lowest BCUT2D eigenvalue weighted by Crippen LogP contribution is -2.39. The van der Waals surface area contributed by atoms with E-state index in [2.05, 4.69) is 45.3 Å². The standard InChI is InChI=1S/C20H36N4/c1-20-9-3-6-15-24(20)16-8-14-23-18-17-22(19-23)13-7-12-21-10-4-2-5-11-21/h2,4,20H,3,5-18H2,1H3. The molecule has 3 aliphatic rings. The molecule has 2 saturated heterocycles. The first-order valence-corrected chi connectivity index (χ1v) is 10.2. The summed E-state index contributed by atoms with van der Waals surface area (Å²) in [5.74, 6) is 0. The highest BCUT2D eigenvalue weighted by atomic mass is 15.4. The Kier molecular flexibility index (Phi) is 7.58. The van der Waals surface area contributed by atoms with Crippen molar-refractivity contribution in [1.29, 1.82) is 0 Å². The summed E-state index contributed by atoms with van der Waals surface area (Å²) in [7, 11) is 0. The molecule has 4 nitrogen and oxygen atoms in total. The largest absolute Gasteiger partial charge is 0.301 e. The van der Waals surface area contributed by atoms with Crippen molar-refractivity contribution in [2.24, 2.45) is 0 Å². The van der Waals surface area contributed by atoms with Crippen molar-refractivity contribution < 1.29 is 0 Å². The second-order valence-electron chi connectivity index (χ2n) is 7.72. The molecule has 0 aromatic carbocycles. The number of likely N-dealkylation sites (tertiary alicyclic amines) is 1. The monoisotopic (exact) mass is 332 g/mol. The Morgan fingerprint density at radius 1 is 0.875 bits per heavy atom. The predicted molar refractivity (Wildman–Crippen MR) is 101 cm³/mol. The lowest BCUT2D eigenvalue weighted by atomic mass is 10.0. The molecule has 4 heteroatoms. The summed E-state index contributed by atoms with van der Waals surface area (Å²) < 4.78 is 0. The van der Waals surface area contributed by atoms with Crippen LogP contribution in [0.25, 0.3) is 0 Å². The Balaban J connectivity index is 1.23. The summed E-state index contributed by atoms with van der Waals surface area (Å²) in [5.41, 5.74) is 0. The third-order valence-electron chi connectivity index (χ3n) is 5.78. The van der Waals surface area contributed by atoms with Crippen LogP contribution in [0.3, 0.4) is 0 Å². The van der Waals surface area contributed by atoms with Gasteiger partial charge in [0.25, 0.3) is 0 Å². The van der Waals surface area contributed by atoms with E-state index in [1.807, 2.05) is 0 Å². The fourth-order valence-corrected chi connectivity index (χ4v) is 4.20. The highest BCUT2D eigenvalue weighted by Crippen LogP contribution is 2.17. The van der Waals surface area contributed by atoms with Crippen LogP contribution < -0.4 is 0 Å². The summed E-state index contributed by atoms with van der Waals surface area (Å²) in [6.07, 6.45) is 12.6. The van der Waals surface area contributed by atoms with Crippen LogP contribution in [-0.2, 0) is 0 Å². The van der Waals surface area contributed by atoms with Gasteiger partial charge >= 0.3 is 0 Å². The minimum Gasteiger partial charge on any atom is -0.301 e. The number of hydrogen-bond donors (Lipinski definition) is 0. The molecule has 1 atom stereocenters.